The highest BCUT2D eigenvalue weighted by Gasteiger charge is 2.16. The molecular formula is C67H118O5. The summed E-state index contributed by atoms with van der Waals surface area (Å²) in [5.74, 6) is -0.583. The van der Waals surface area contributed by atoms with E-state index in [0.29, 0.717) is 12.8 Å². The van der Waals surface area contributed by atoms with E-state index in [2.05, 4.69) is 98.9 Å². The third-order valence-electron chi connectivity index (χ3n) is 13.7. The Labute approximate surface area is 447 Å². The Balaban J connectivity index is 3.42. The maximum Gasteiger partial charge on any atom is 0.306 e. The molecule has 0 radical (unpaired) electrons. The lowest BCUT2D eigenvalue weighted by Gasteiger charge is -2.15. The summed E-state index contributed by atoms with van der Waals surface area (Å²) in [7, 11) is 0. The average molecular weight is 1000 g/mol. The monoisotopic (exact) mass is 1000 g/mol. The van der Waals surface area contributed by atoms with Crippen LogP contribution in [0.25, 0.3) is 0 Å². The SMILES string of the molecule is CC/C=C\C/C=C\C/C=C\C/C=C\C/C=C\C/C=C\CCCCCCCCCCCCCCCCCCCCCCCCC(=O)OC(CO)COC(=O)CCCCCCCCC/C=C\CCCCCCCC. The van der Waals surface area contributed by atoms with E-state index in [1.807, 2.05) is 0 Å². The van der Waals surface area contributed by atoms with Crippen LogP contribution >= 0.6 is 0 Å². The first kappa shape index (κ1) is 69.1. The van der Waals surface area contributed by atoms with Crippen molar-refractivity contribution in [3.05, 3.63) is 85.1 Å². The predicted molar refractivity (Wildman–Crippen MR) is 316 cm³/mol. The van der Waals surface area contributed by atoms with Crippen molar-refractivity contribution >= 4 is 11.9 Å². The topological polar surface area (TPSA) is 72.8 Å². The Morgan fingerprint density at radius 3 is 0.917 bits per heavy atom. The van der Waals surface area contributed by atoms with Gasteiger partial charge in [0.1, 0.15) is 6.61 Å². The first-order chi connectivity index (χ1) is 35.6. The molecule has 0 aliphatic carbocycles. The second kappa shape index (κ2) is 62.4. The van der Waals surface area contributed by atoms with Crippen LogP contribution in [0.4, 0.5) is 0 Å². The van der Waals surface area contributed by atoms with E-state index in [4.69, 9.17) is 9.47 Å². The Morgan fingerprint density at radius 1 is 0.333 bits per heavy atom. The van der Waals surface area contributed by atoms with Crippen molar-refractivity contribution in [3.8, 4) is 0 Å². The van der Waals surface area contributed by atoms with Crippen molar-refractivity contribution < 1.29 is 24.2 Å². The zero-order valence-corrected chi connectivity index (χ0v) is 47.7. The van der Waals surface area contributed by atoms with E-state index in [-0.39, 0.29) is 25.2 Å². The molecule has 72 heavy (non-hydrogen) atoms. The highest BCUT2D eigenvalue weighted by molar-refractivity contribution is 5.70. The van der Waals surface area contributed by atoms with Crippen molar-refractivity contribution in [2.75, 3.05) is 13.2 Å². The van der Waals surface area contributed by atoms with Crippen LogP contribution in [0.5, 0.6) is 0 Å². The van der Waals surface area contributed by atoms with Crippen LogP contribution in [0.15, 0.2) is 85.1 Å². The number of carbonyl (C=O) groups is 2. The van der Waals surface area contributed by atoms with Crippen LogP contribution in [0, 0.1) is 0 Å². The van der Waals surface area contributed by atoms with Crippen molar-refractivity contribution in [1.29, 1.82) is 0 Å². The number of esters is 2. The van der Waals surface area contributed by atoms with Gasteiger partial charge in [0.05, 0.1) is 6.61 Å². The number of aliphatic hydroxyl groups excluding tert-OH is 1. The normalized spacial score (nSPS) is 12.8. The fraction of sp³-hybridized carbons (Fsp3) is 0.761. The summed E-state index contributed by atoms with van der Waals surface area (Å²) < 4.78 is 10.7. The summed E-state index contributed by atoms with van der Waals surface area (Å²) in [4.78, 5) is 24.5. The lowest BCUT2D eigenvalue weighted by Crippen LogP contribution is -2.28. The number of unbranched alkanes of at least 4 members (excludes halogenated alkanes) is 35. The third-order valence-corrected chi connectivity index (χ3v) is 13.7. The van der Waals surface area contributed by atoms with E-state index in [9.17, 15) is 14.7 Å². The predicted octanol–water partition coefficient (Wildman–Crippen LogP) is 21.3. The molecule has 0 saturated heterocycles. The number of ether oxygens (including phenoxy) is 2. The molecule has 0 saturated carbocycles. The smallest absolute Gasteiger partial charge is 0.306 e. The molecule has 416 valence electrons. The van der Waals surface area contributed by atoms with Crippen LogP contribution in [-0.2, 0) is 19.1 Å². The van der Waals surface area contributed by atoms with Crippen LogP contribution < -0.4 is 0 Å². The molecule has 1 N–H and O–H groups in total. The number of hydrogen-bond acceptors (Lipinski definition) is 5. The van der Waals surface area contributed by atoms with Crippen LogP contribution in [-0.4, -0.2) is 36.4 Å². The molecule has 0 aromatic carbocycles. The van der Waals surface area contributed by atoms with E-state index >= 15 is 0 Å². The molecular weight excluding hydrogens is 885 g/mol. The lowest BCUT2D eigenvalue weighted by atomic mass is 10.0. The van der Waals surface area contributed by atoms with Crippen LogP contribution in [0.3, 0.4) is 0 Å². The minimum Gasteiger partial charge on any atom is -0.462 e. The van der Waals surface area contributed by atoms with Crippen molar-refractivity contribution in [2.45, 2.75) is 315 Å². The molecule has 1 unspecified atom stereocenters. The molecule has 0 aliphatic rings. The van der Waals surface area contributed by atoms with Crippen LogP contribution in [0.2, 0.25) is 0 Å². The van der Waals surface area contributed by atoms with Crippen LogP contribution in [0.1, 0.15) is 309 Å². The summed E-state index contributed by atoms with van der Waals surface area (Å²) in [5, 5.41) is 9.66. The van der Waals surface area contributed by atoms with Gasteiger partial charge in [-0.05, 0) is 89.9 Å². The van der Waals surface area contributed by atoms with Gasteiger partial charge in [-0.2, -0.15) is 0 Å². The quantitative estimate of drug-likeness (QED) is 0.0373. The van der Waals surface area contributed by atoms with E-state index in [1.54, 1.807) is 0 Å². The van der Waals surface area contributed by atoms with Gasteiger partial charge in [0.15, 0.2) is 6.10 Å². The van der Waals surface area contributed by atoms with E-state index < -0.39 is 6.10 Å². The van der Waals surface area contributed by atoms with Gasteiger partial charge in [0.25, 0.3) is 0 Å². The van der Waals surface area contributed by atoms with Gasteiger partial charge in [-0.15, -0.1) is 0 Å². The molecule has 0 rings (SSSR count). The molecule has 1 atom stereocenters. The summed E-state index contributed by atoms with van der Waals surface area (Å²) >= 11 is 0. The van der Waals surface area contributed by atoms with Crippen molar-refractivity contribution in [2.24, 2.45) is 0 Å². The minimum absolute atomic E-state index is 0.0659. The largest absolute Gasteiger partial charge is 0.462 e. The second-order valence-electron chi connectivity index (χ2n) is 20.8. The Hall–Kier alpha value is -2.92. The minimum atomic E-state index is -0.774. The fourth-order valence-corrected chi connectivity index (χ4v) is 9.03. The molecule has 0 aromatic heterocycles. The second-order valence-corrected chi connectivity index (χ2v) is 20.8. The van der Waals surface area contributed by atoms with Gasteiger partial charge >= 0.3 is 11.9 Å². The van der Waals surface area contributed by atoms with Gasteiger partial charge in [-0.1, -0.05) is 292 Å². The molecule has 0 aromatic rings. The number of rotatable bonds is 57. The zero-order chi connectivity index (χ0) is 52.0. The van der Waals surface area contributed by atoms with Gasteiger partial charge in [0, 0.05) is 12.8 Å². The molecule has 5 heteroatoms. The Kier molecular flexibility index (Phi) is 59.8. The van der Waals surface area contributed by atoms with Crippen molar-refractivity contribution in [1.82, 2.24) is 0 Å². The molecule has 0 aliphatic heterocycles. The third kappa shape index (κ3) is 59.6. The number of hydrogen-bond donors (Lipinski definition) is 1. The first-order valence-electron chi connectivity index (χ1n) is 31.1. The highest BCUT2D eigenvalue weighted by Crippen LogP contribution is 2.17. The van der Waals surface area contributed by atoms with Gasteiger partial charge < -0.3 is 14.6 Å². The molecule has 0 bridgehead atoms. The fourth-order valence-electron chi connectivity index (χ4n) is 9.03. The van der Waals surface area contributed by atoms with E-state index in [1.165, 1.54) is 205 Å². The summed E-state index contributed by atoms with van der Waals surface area (Å²) in [6.45, 7) is 4.04. The zero-order valence-electron chi connectivity index (χ0n) is 47.7. The summed E-state index contributed by atoms with van der Waals surface area (Å²) in [6.07, 6.45) is 87.3. The summed E-state index contributed by atoms with van der Waals surface area (Å²) in [5.41, 5.74) is 0. The number of allylic oxidation sites excluding steroid dienone is 14. The molecule has 0 fully saturated rings. The molecule has 0 spiro atoms. The number of carbonyl (C=O) groups excluding carboxylic acids is 2. The van der Waals surface area contributed by atoms with Gasteiger partial charge in [0.2, 0.25) is 0 Å². The number of aliphatic hydroxyl groups is 1. The molecule has 0 heterocycles. The average Bonchev–Trinajstić information content (AvgIpc) is 3.38. The van der Waals surface area contributed by atoms with Gasteiger partial charge in [-0.25, -0.2) is 0 Å². The molecule has 5 nitrogen and oxygen atoms in total. The Morgan fingerprint density at radius 2 is 0.597 bits per heavy atom. The molecule has 0 amide bonds. The maximum atomic E-state index is 12.3. The standard InChI is InChI=1S/C67H118O5/c1-3-5-7-9-11-13-15-17-19-21-22-23-24-25-26-27-28-29-30-31-32-33-34-35-36-37-38-39-40-41-42-43-44-46-48-50-52-54-56-58-60-62-67(70)72-65(63-68)64-71-66(69)61-59-57-55-53-51-49-47-45-20-18-16-14-12-10-8-6-4-2/h5,7,11,13,17-20,22-23,25-26,28-29,65,68H,3-4,6,8-10,12,14-16,21,24,27,30-64H2,1-2H3/b7-5-,13-11-,19-17-,20-18-,23-22-,26-25-,29-28-. The first-order valence-corrected chi connectivity index (χ1v) is 31.1. The highest BCUT2D eigenvalue weighted by atomic mass is 16.6. The van der Waals surface area contributed by atoms with E-state index in [0.717, 1.165) is 77.0 Å². The van der Waals surface area contributed by atoms with Crippen molar-refractivity contribution in [3.63, 3.8) is 0 Å². The maximum absolute atomic E-state index is 12.3. The lowest BCUT2D eigenvalue weighted by molar-refractivity contribution is -0.161. The van der Waals surface area contributed by atoms with Gasteiger partial charge in [-0.3, -0.25) is 9.59 Å². The summed E-state index contributed by atoms with van der Waals surface area (Å²) in [6, 6.07) is 0. The Bertz CT molecular complexity index is 1320.